The van der Waals surface area contributed by atoms with Crippen LogP contribution in [0.25, 0.3) is 0 Å². The molecular formula is C15H19NO3. The average molecular weight is 261 g/mol. The number of unbranched alkanes of at least 4 members (excludes halogenated alkanes) is 1. The molecule has 0 aliphatic carbocycles. The quantitative estimate of drug-likeness (QED) is 0.739. The van der Waals surface area contributed by atoms with Crippen molar-refractivity contribution in [2.75, 3.05) is 0 Å². The van der Waals surface area contributed by atoms with Gasteiger partial charge in [0.15, 0.2) is 0 Å². The molecule has 4 heteroatoms. The Balaban J connectivity index is 2.59. The second-order valence-electron chi connectivity index (χ2n) is 4.28. The molecule has 0 radical (unpaired) electrons. The third kappa shape index (κ3) is 5.86. The van der Waals surface area contributed by atoms with Crippen LogP contribution in [0.5, 0.6) is 0 Å². The van der Waals surface area contributed by atoms with Gasteiger partial charge >= 0.3 is 5.97 Å². The summed E-state index contributed by atoms with van der Waals surface area (Å²) in [7, 11) is 0. The molecule has 1 amide bonds. The van der Waals surface area contributed by atoms with E-state index in [-0.39, 0.29) is 12.3 Å². The predicted molar refractivity (Wildman–Crippen MR) is 73.8 cm³/mol. The highest BCUT2D eigenvalue weighted by Gasteiger charge is 2.19. The van der Waals surface area contributed by atoms with Crippen molar-refractivity contribution in [1.82, 2.24) is 5.32 Å². The lowest BCUT2D eigenvalue weighted by molar-refractivity contribution is -0.141. The van der Waals surface area contributed by atoms with E-state index in [1.54, 1.807) is 6.08 Å². The van der Waals surface area contributed by atoms with Gasteiger partial charge in [0.2, 0.25) is 5.91 Å². The molecule has 19 heavy (non-hydrogen) atoms. The Hall–Kier alpha value is -2.10. The summed E-state index contributed by atoms with van der Waals surface area (Å²) in [6, 6.07) is 8.34. The minimum atomic E-state index is -1.03. The van der Waals surface area contributed by atoms with Gasteiger partial charge in [-0.05, 0) is 18.1 Å². The highest BCUT2D eigenvalue weighted by Crippen LogP contribution is 2.03. The Morgan fingerprint density at radius 3 is 2.58 bits per heavy atom. The van der Waals surface area contributed by atoms with E-state index < -0.39 is 12.0 Å². The van der Waals surface area contributed by atoms with Crippen molar-refractivity contribution >= 4 is 11.9 Å². The molecule has 0 fully saturated rings. The number of rotatable bonds is 7. The molecule has 0 aliphatic heterocycles. The number of aliphatic carboxylic acids is 1. The van der Waals surface area contributed by atoms with Crippen LogP contribution >= 0.6 is 0 Å². The molecule has 102 valence electrons. The second kappa shape index (κ2) is 8.08. The van der Waals surface area contributed by atoms with E-state index in [4.69, 9.17) is 5.11 Å². The van der Waals surface area contributed by atoms with Crippen molar-refractivity contribution in [3.63, 3.8) is 0 Å². The summed E-state index contributed by atoms with van der Waals surface area (Å²) in [6.45, 7) is 2.01. The molecule has 0 aliphatic rings. The lowest BCUT2D eigenvalue weighted by Gasteiger charge is -2.13. The first-order chi connectivity index (χ1) is 9.13. The molecule has 2 N–H and O–H groups in total. The fourth-order valence-corrected chi connectivity index (χ4v) is 1.63. The van der Waals surface area contributed by atoms with Crippen LogP contribution in [0, 0.1) is 0 Å². The maximum Gasteiger partial charge on any atom is 0.326 e. The van der Waals surface area contributed by atoms with Crippen LogP contribution in [0.1, 0.15) is 25.3 Å². The normalized spacial score (nSPS) is 12.3. The minimum Gasteiger partial charge on any atom is -0.480 e. The fourth-order valence-electron chi connectivity index (χ4n) is 1.63. The van der Waals surface area contributed by atoms with Gasteiger partial charge in [0, 0.05) is 6.42 Å². The van der Waals surface area contributed by atoms with Gasteiger partial charge in [-0.3, -0.25) is 4.79 Å². The van der Waals surface area contributed by atoms with Crippen LogP contribution in [-0.4, -0.2) is 23.0 Å². The first-order valence-corrected chi connectivity index (χ1v) is 6.37. The van der Waals surface area contributed by atoms with Crippen molar-refractivity contribution < 1.29 is 14.7 Å². The van der Waals surface area contributed by atoms with Gasteiger partial charge < -0.3 is 10.4 Å². The van der Waals surface area contributed by atoms with E-state index in [1.165, 1.54) is 6.08 Å². The Labute approximate surface area is 113 Å². The SMILES string of the molecule is CCCC=CC(=O)N[C@@H](Cc1ccccc1)C(=O)O. The summed E-state index contributed by atoms with van der Waals surface area (Å²) in [5.74, 6) is -1.39. The molecule has 0 heterocycles. The van der Waals surface area contributed by atoms with E-state index in [2.05, 4.69) is 5.32 Å². The molecule has 0 spiro atoms. The first kappa shape index (κ1) is 15.0. The summed E-state index contributed by atoms with van der Waals surface area (Å²) in [4.78, 5) is 22.7. The monoisotopic (exact) mass is 261 g/mol. The smallest absolute Gasteiger partial charge is 0.326 e. The van der Waals surface area contributed by atoms with Gasteiger partial charge in [0.25, 0.3) is 0 Å². The van der Waals surface area contributed by atoms with Gasteiger partial charge in [-0.1, -0.05) is 49.8 Å². The number of allylic oxidation sites excluding steroid dienone is 1. The molecule has 0 unspecified atom stereocenters. The lowest BCUT2D eigenvalue weighted by atomic mass is 10.1. The highest BCUT2D eigenvalue weighted by atomic mass is 16.4. The van der Waals surface area contributed by atoms with E-state index in [0.29, 0.717) is 0 Å². The van der Waals surface area contributed by atoms with Gasteiger partial charge in [-0.25, -0.2) is 4.79 Å². The third-order valence-electron chi connectivity index (χ3n) is 2.62. The number of amides is 1. The van der Waals surface area contributed by atoms with Crippen molar-refractivity contribution in [3.8, 4) is 0 Å². The highest BCUT2D eigenvalue weighted by molar-refractivity contribution is 5.91. The molecule has 0 bridgehead atoms. The third-order valence-corrected chi connectivity index (χ3v) is 2.62. The predicted octanol–water partition coefficient (Wildman–Crippen LogP) is 2.15. The topological polar surface area (TPSA) is 66.4 Å². The van der Waals surface area contributed by atoms with Crippen LogP contribution in [0.4, 0.5) is 0 Å². The van der Waals surface area contributed by atoms with E-state index in [0.717, 1.165) is 18.4 Å². The molecule has 0 aromatic heterocycles. The number of carbonyl (C=O) groups is 2. The second-order valence-corrected chi connectivity index (χ2v) is 4.28. The number of carboxylic acid groups (broad SMARTS) is 1. The molecule has 0 saturated heterocycles. The summed E-state index contributed by atoms with van der Waals surface area (Å²) < 4.78 is 0. The van der Waals surface area contributed by atoms with Crippen LogP contribution in [-0.2, 0) is 16.0 Å². The fraction of sp³-hybridized carbons (Fsp3) is 0.333. The zero-order chi connectivity index (χ0) is 14.1. The molecule has 4 nitrogen and oxygen atoms in total. The lowest BCUT2D eigenvalue weighted by Crippen LogP contribution is -2.41. The molecule has 1 rings (SSSR count). The number of carboxylic acids is 1. The molecule has 1 atom stereocenters. The Morgan fingerprint density at radius 2 is 2.00 bits per heavy atom. The summed E-state index contributed by atoms with van der Waals surface area (Å²) in [5.41, 5.74) is 0.882. The van der Waals surface area contributed by atoms with Crippen molar-refractivity contribution in [2.24, 2.45) is 0 Å². The zero-order valence-corrected chi connectivity index (χ0v) is 11.0. The van der Waals surface area contributed by atoms with Crippen molar-refractivity contribution in [2.45, 2.75) is 32.2 Å². The molecule has 1 aromatic carbocycles. The number of benzene rings is 1. The van der Waals surface area contributed by atoms with E-state index in [1.807, 2.05) is 37.3 Å². The minimum absolute atomic E-state index is 0.281. The van der Waals surface area contributed by atoms with Gasteiger partial charge in [-0.15, -0.1) is 0 Å². The Bertz CT molecular complexity index is 440. The largest absolute Gasteiger partial charge is 0.480 e. The van der Waals surface area contributed by atoms with Gasteiger partial charge in [0.1, 0.15) is 6.04 Å². The summed E-state index contributed by atoms with van der Waals surface area (Å²) in [6.07, 6.45) is 5.19. The van der Waals surface area contributed by atoms with Gasteiger partial charge in [-0.2, -0.15) is 0 Å². The average Bonchev–Trinajstić information content (AvgIpc) is 2.39. The summed E-state index contributed by atoms with van der Waals surface area (Å²) in [5, 5.41) is 11.6. The maximum atomic E-state index is 11.6. The zero-order valence-electron chi connectivity index (χ0n) is 11.0. The maximum absolute atomic E-state index is 11.6. The molecule has 1 aromatic rings. The summed E-state index contributed by atoms with van der Waals surface area (Å²) >= 11 is 0. The van der Waals surface area contributed by atoms with Crippen molar-refractivity contribution in [3.05, 3.63) is 48.0 Å². The Morgan fingerprint density at radius 1 is 1.32 bits per heavy atom. The van der Waals surface area contributed by atoms with Crippen LogP contribution in [0.15, 0.2) is 42.5 Å². The van der Waals surface area contributed by atoms with Crippen LogP contribution < -0.4 is 5.32 Å². The van der Waals surface area contributed by atoms with E-state index >= 15 is 0 Å². The number of hydrogen-bond acceptors (Lipinski definition) is 2. The standard InChI is InChI=1S/C15H19NO3/c1-2-3-5-10-14(17)16-13(15(18)19)11-12-8-6-4-7-9-12/h4-10,13H,2-3,11H2,1H3,(H,16,17)(H,18,19)/t13-/m0/s1. The number of hydrogen-bond donors (Lipinski definition) is 2. The Kier molecular flexibility index (Phi) is 6.36. The van der Waals surface area contributed by atoms with Crippen LogP contribution in [0.2, 0.25) is 0 Å². The molecule has 0 saturated carbocycles. The number of carbonyl (C=O) groups excluding carboxylic acids is 1. The molecular weight excluding hydrogens is 242 g/mol. The van der Waals surface area contributed by atoms with E-state index in [9.17, 15) is 9.59 Å². The van der Waals surface area contributed by atoms with Gasteiger partial charge in [0.05, 0.1) is 0 Å². The van der Waals surface area contributed by atoms with Crippen LogP contribution in [0.3, 0.4) is 0 Å². The first-order valence-electron chi connectivity index (χ1n) is 6.37. The van der Waals surface area contributed by atoms with Crippen molar-refractivity contribution in [1.29, 1.82) is 0 Å². The number of nitrogens with one attached hydrogen (secondary N) is 1.